The van der Waals surface area contributed by atoms with Crippen molar-refractivity contribution in [2.45, 2.75) is 25.8 Å². The Morgan fingerprint density at radius 2 is 2.08 bits per heavy atom. The summed E-state index contributed by atoms with van der Waals surface area (Å²) in [7, 11) is 0. The van der Waals surface area contributed by atoms with Crippen molar-refractivity contribution >= 4 is 22.9 Å². The lowest BCUT2D eigenvalue weighted by atomic mass is 10.1. The molecule has 0 saturated carbocycles. The Kier molecular flexibility index (Phi) is 4.69. The van der Waals surface area contributed by atoms with Gasteiger partial charge in [0.2, 0.25) is 5.91 Å². The van der Waals surface area contributed by atoms with Crippen LogP contribution in [0.25, 0.3) is 10.9 Å². The number of amides is 2. The third-order valence-electron chi connectivity index (χ3n) is 4.46. The topological polar surface area (TPSA) is 107 Å². The molecule has 25 heavy (non-hydrogen) atoms. The quantitative estimate of drug-likeness (QED) is 0.866. The molecule has 0 unspecified atom stereocenters. The third-order valence-corrected chi connectivity index (χ3v) is 4.46. The van der Waals surface area contributed by atoms with Gasteiger partial charge in [0, 0.05) is 38.5 Å². The molecule has 2 aromatic rings. The van der Waals surface area contributed by atoms with E-state index in [1.807, 2.05) is 13.0 Å². The van der Waals surface area contributed by atoms with Crippen molar-refractivity contribution in [1.29, 1.82) is 0 Å². The fourth-order valence-corrected chi connectivity index (χ4v) is 3.12. The van der Waals surface area contributed by atoms with E-state index in [1.54, 1.807) is 23.1 Å². The summed E-state index contributed by atoms with van der Waals surface area (Å²) in [5.41, 5.74) is 0.397. The van der Waals surface area contributed by atoms with Gasteiger partial charge in [-0.05, 0) is 19.1 Å². The Hall–Kier alpha value is -2.90. The lowest BCUT2D eigenvalue weighted by Gasteiger charge is -2.38. The van der Waals surface area contributed by atoms with Crippen LogP contribution in [-0.2, 0) is 11.2 Å². The van der Waals surface area contributed by atoms with Crippen molar-refractivity contribution in [3.8, 4) is 0 Å². The number of carboxylic acid groups (broad SMARTS) is 1. The molecule has 8 nitrogen and oxygen atoms in total. The third kappa shape index (κ3) is 3.62. The number of hydrogen-bond donors (Lipinski definition) is 2. The minimum absolute atomic E-state index is 0.0617. The first-order chi connectivity index (χ1) is 12.0. The first kappa shape index (κ1) is 16.9. The maximum atomic E-state index is 12.4. The molecule has 0 bridgehead atoms. The van der Waals surface area contributed by atoms with Gasteiger partial charge in [-0.2, -0.15) is 0 Å². The summed E-state index contributed by atoms with van der Waals surface area (Å²) in [5, 5.41) is 9.55. The highest BCUT2D eigenvalue weighted by Crippen LogP contribution is 2.13. The van der Waals surface area contributed by atoms with E-state index in [9.17, 15) is 14.4 Å². The van der Waals surface area contributed by atoms with Gasteiger partial charge in [-0.25, -0.2) is 9.78 Å². The molecule has 1 saturated heterocycles. The van der Waals surface area contributed by atoms with Crippen molar-refractivity contribution in [1.82, 2.24) is 19.8 Å². The van der Waals surface area contributed by atoms with E-state index in [1.165, 1.54) is 4.90 Å². The van der Waals surface area contributed by atoms with Crippen LogP contribution in [0.1, 0.15) is 19.2 Å². The number of nitrogens with one attached hydrogen (secondary N) is 1. The van der Waals surface area contributed by atoms with E-state index in [2.05, 4.69) is 9.97 Å². The molecular weight excluding hydrogens is 324 g/mol. The number of carbonyl (C=O) groups is 2. The van der Waals surface area contributed by atoms with E-state index in [0.29, 0.717) is 42.8 Å². The van der Waals surface area contributed by atoms with E-state index < -0.39 is 6.09 Å². The largest absolute Gasteiger partial charge is 0.465 e. The molecule has 1 aromatic heterocycles. The van der Waals surface area contributed by atoms with Crippen LogP contribution in [0.15, 0.2) is 29.1 Å². The molecule has 0 radical (unpaired) electrons. The predicted octanol–water partition coefficient (Wildman–Crippen LogP) is 1.07. The second-order valence-corrected chi connectivity index (χ2v) is 6.19. The van der Waals surface area contributed by atoms with E-state index >= 15 is 0 Å². The Morgan fingerprint density at radius 1 is 1.32 bits per heavy atom. The van der Waals surface area contributed by atoms with Crippen molar-refractivity contribution < 1.29 is 14.7 Å². The molecular formula is C17H20N4O4. The molecule has 1 aromatic carbocycles. The van der Waals surface area contributed by atoms with Gasteiger partial charge in [0.15, 0.2) is 0 Å². The molecule has 2 heterocycles. The number of fused-ring (bicyclic) bond motifs is 1. The maximum Gasteiger partial charge on any atom is 0.407 e. The van der Waals surface area contributed by atoms with Gasteiger partial charge in [0.05, 0.1) is 10.9 Å². The number of nitrogens with zero attached hydrogens (tertiary/aromatic N) is 3. The summed E-state index contributed by atoms with van der Waals surface area (Å²) in [4.78, 5) is 45.6. The van der Waals surface area contributed by atoms with Crippen molar-refractivity contribution in [3.63, 3.8) is 0 Å². The highest BCUT2D eigenvalue weighted by Gasteiger charge is 2.29. The number of benzene rings is 1. The van der Waals surface area contributed by atoms with Crippen LogP contribution in [0.5, 0.6) is 0 Å². The summed E-state index contributed by atoms with van der Waals surface area (Å²) < 4.78 is 0. The molecule has 8 heteroatoms. The van der Waals surface area contributed by atoms with Crippen molar-refractivity contribution in [3.05, 3.63) is 40.4 Å². The minimum atomic E-state index is -0.961. The van der Waals surface area contributed by atoms with Crippen LogP contribution < -0.4 is 5.56 Å². The summed E-state index contributed by atoms with van der Waals surface area (Å²) in [5.74, 6) is 0.419. The van der Waals surface area contributed by atoms with E-state index in [-0.39, 0.29) is 23.9 Å². The summed E-state index contributed by atoms with van der Waals surface area (Å²) in [6, 6.07) is 6.90. The number of piperazine rings is 1. The zero-order valence-electron chi connectivity index (χ0n) is 13.9. The predicted molar refractivity (Wildman–Crippen MR) is 91.5 cm³/mol. The van der Waals surface area contributed by atoms with Gasteiger partial charge in [-0.3, -0.25) is 9.59 Å². The average molecular weight is 344 g/mol. The first-order valence-corrected chi connectivity index (χ1v) is 8.21. The van der Waals surface area contributed by atoms with Gasteiger partial charge >= 0.3 is 6.09 Å². The number of para-hydroxylation sites is 1. The van der Waals surface area contributed by atoms with Crippen LogP contribution >= 0.6 is 0 Å². The fourth-order valence-electron chi connectivity index (χ4n) is 3.12. The van der Waals surface area contributed by atoms with Crippen LogP contribution in [0.4, 0.5) is 4.79 Å². The van der Waals surface area contributed by atoms with E-state index in [4.69, 9.17) is 5.11 Å². The monoisotopic (exact) mass is 344 g/mol. The number of rotatable bonds is 3. The first-order valence-electron chi connectivity index (χ1n) is 8.21. The van der Waals surface area contributed by atoms with Gasteiger partial charge in [0.25, 0.3) is 5.56 Å². The van der Waals surface area contributed by atoms with Crippen LogP contribution in [0, 0.1) is 0 Å². The standard InChI is InChI=1S/C17H20N4O4/c1-11-10-20(17(24)25)8-9-21(11)15(22)7-6-14-18-13-5-3-2-4-12(13)16(23)19-14/h2-5,11H,6-10H2,1H3,(H,24,25)(H,18,19,23)/t11-/m1/s1. The maximum absolute atomic E-state index is 12.4. The molecule has 2 amide bonds. The molecule has 1 fully saturated rings. The van der Waals surface area contributed by atoms with Gasteiger partial charge < -0.3 is 19.9 Å². The highest BCUT2D eigenvalue weighted by molar-refractivity contribution is 5.78. The van der Waals surface area contributed by atoms with Crippen LogP contribution in [0.3, 0.4) is 0 Å². The second kappa shape index (κ2) is 6.92. The molecule has 1 aliphatic rings. The number of aromatic nitrogens is 2. The van der Waals surface area contributed by atoms with Crippen molar-refractivity contribution in [2.75, 3.05) is 19.6 Å². The van der Waals surface area contributed by atoms with Gasteiger partial charge in [0.1, 0.15) is 5.82 Å². The average Bonchev–Trinajstić information content (AvgIpc) is 2.59. The van der Waals surface area contributed by atoms with Crippen LogP contribution in [0.2, 0.25) is 0 Å². The fraction of sp³-hybridized carbons (Fsp3) is 0.412. The Bertz CT molecular complexity index is 863. The Labute approximate surface area is 144 Å². The van der Waals surface area contributed by atoms with Gasteiger partial charge in [-0.15, -0.1) is 0 Å². The highest BCUT2D eigenvalue weighted by atomic mass is 16.4. The lowest BCUT2D eigenvalue weighted by Crippen LogP contribution is -2.55. The van der Waals surface area contributed by atoms with Crippen molar-refractivity contribution in [2.24, 2.45) is 0 Å². The number of H-pyrrole nitrogens is 1. The molecule has 132 valence electrons. The Balaban J connectivity index is 1.65. The number of hydrogen-bond acceptors (Lipinski definition) is 4. The number of aryl methyl sites for hydroxylation is 1. The lowest BCUT2D eigenvalue weighted by molar-refractivity contribution is -0.135. The molecule has 1 aliphatic heterocycles. The Morgan fingerprint density at radius 3 is 2.80 bits per heavy atom. The minimum Gasteiger partial charge on any atom is -0.465 e. The number of aromatic amines is 1. The smallest absolute Gasteiger partial charge is 0.407 e. The SMILES string of the molecule is C[C@@H]1CN(C(=O)O)CCN1C(=O)CCc1nc2ccccc2c(=O)[nH]1. The van der Waals surface area contributed by atoms with Gasteiger partial charge in [-0.1, -0.05) is 12.1 Å². The second-order valence-electron chi connectivity index (χ2n) is 6.19. The summed E-state index contributed by atoms with van der Waals surface area (Å²) in [6.45, 7) is 2.85. The normalized spacial score (nSPS) is 17.7. The summed E-state index contributed by atoms with van der Waals surface area (Å²) >= 11 is 0. The molecule has 1 atom stereocenters. The zero-order valence-corrected chi connectivity index (χ0v) is 13.9. The molecule has 3 rings (SSSR count). The van der Waals surface area contributed by atoms with Crippen LogP contribution in [-0.4, -0.2) is 62.6 Å². The van der Waals surface area contributed by atoms with E-state index in [0.717, 1.165) is 0 Å². The molecule has 0 spiro atoms. The summed E-state index contributed by atoms with van der Waals surface area (Å²) in [6.07, 6.45) is -0.402. The zero-order chi connectivity index (χ0) is 18.0. The molecule has 2 N–H and O–H groups in total. The molecule has 0 aliphatic carbocycles. The number of carbonyl (C=O) groups excluding carboxylic acids is 1.